The van der Waals surface area contributed by atoms with Gasteiger partial charge in [0.05, 0.1) is 5.75 Å². The van der Waals surface area contributed by atoms with E-state index in [1.807, 2.05) is 6.07 Å². The highest BCUT2D eigenvalue weighted by Gasteiger charge is 2.30. The lowest BCUT2D eigenvalue weighted by Gasteiger charge is -2.30. The maximum atomic E-state index is 12.5. The van der Waals surface area contributed by atoms with Crippen molar-refractivity contribution in [3.63, 3.8) is 0 Å². The minimum atomic E-state index is -3.70. The number of pyridine rings is 1. The fourth-order valence-corrected chi connectivity index (χ4v) is 4.48. The smallest absolute Gasteiger partial charge is 0.335 e. The Morgan fingerprint density at radius 1 is 1.03 bits per heavy atom. The van der Waals surface area contributed by atoms with Gasteiger partial charge in [0.1, 0.15) is 5.69 Å². The van der Waals surface area contributed by atoms with Gasteiger partial charge < -0.3 is 9.32 Å². The maximum Gasteiger partial charge on any atom is 0.335 e. The van der Waals surface area contributed by atoms with E-state index in [2.05, 4.69) is 15.2 Å². The van der Waals surface area contributed by atoms with Gasteiger partial charge in [0.25, 0.3) is 5.91 Å². The summed E-state index contributed by atoms with van der Waals surface area (Å²) in [6.45, 7) is 1.04. The van der Waals surface area contributed by atoms with Crippen LogP contribution in [0.1, 0.15) is 40.7 Å². The largest absolute Gasteiger partial charge is 0.412 e. The quantitative estimate of drug-likeness (QED) is 0.634. The predicted molar refractivity (Wildman–Crippen MR) is 104 cm³/mol. The van der Waals surface area contributed by atoms with Crippen molar-refractivity contribution in [3.8, 4) is 0 Å². The highest BCUT2D eigenvalue weighted by molar-refractivity contribution is 7.90. The molecule has 3 aromatic rings. The van der Waals surface area contributed by atoms with Gasteiger partial charge in [0, 0.05) is 25.2 Å². The van der Waals surface area contributed by atoms with E-state index >= 15 is 0 Å². The Hall–Kier alpha value is -3.07. The van der Waals surface area contributed by atoms with Crippen LogP contribution in [0.2, 0.25) is 0 Å². The Morgan fingerprint density at radius 2 is 1.76 bits per heavy atom. The summed E-state index contributed by atoms with van der Waals surface area (Å²) in [5.41, 5.74) is 1.08. The summed E-state index contributed by atoms with van der Waals surface area (Å²) in [7, 11) is -3.70. The molecule has 1 saturated heterocycles. The molecule has 29 heavy (non-hydrogen) atoms. The molecule has 1 aliphatic heterocycles. The number of sulfone groups is 1. The van der Waals surface area contributed by atoms with E-state index in [9.17, 15) is 13.2 Å². The van der Waals surface area contributed by atoms with Crippen molar-refractivity contribution in [2.75, 3.05) is 13.1 Å². The third-order valence-corrected chi connectivity index (χ3v) is 6.31. The molecule has 8 nitrogen and oxygen atoms in total. The first-order valence-corrected chi connectivity index (χ1v) is 11.0. The lowest BCUT2D eigenvalue weighted by molar-refractivity contribution is 0.0699. The van der Waals surface area contributed by atoms with Crippen molar-refractivity contribution >= 4 is 15.7 Å². The Kier molecular flexibility index (Phi) is 5.39. The summed E-state index contributed by atoms with van der Waals surface area (Å²) in [6, 6.07) is 14.1. The number of hydrogen-bond donors (Lipinski definition) is 0. The number of carbonyl (C=O) groups excluding carboxylic acids is 1. The van der Waals surface area contributed by atoms with Crippen molar-refractivity contribution < 1.29 is 17.6 Å². The average molecular weight is 412 g/mol. The number of rotatable bonds is 5. The summed E-state index contributed by atoms with van der Waals surface area (Å²) < 4.78 is 30.6. The molecular formula is C20H20N4O4S. The van der Waals surface area contributed by atoms with E-state index in [-0.39, 0.29) is 22.8 Å². The van der Waals surface area contributed by atoms with Crippen LogP contribution in [-0.2, 0) is 15.6 Å². The zero-order valence-corrected chi connectivity index (χ0v) is 16.5. The number of benzene rings is 1. The summed E-state index contributed by atoms with van der Waals surface area (Å²) in [5.74, 6) is -0.0646. The SMILES string of the molecule is O=C(c1ccccn1)N1CCC(c2nnc(S(=O)(=O)Cc3ccccc3)o2)CC1. The van der Waals surface area contributed by atoms with Crippen LogP contribution in [0.5, 0.6) is 0 Å². The molecule has 0 spiro atoms. The molecule has 0 aliphatic carbocycles. The van der Waals surface area contributed by atoms with Gasteiger partial charge in [-0.1, -0.05) is 41.5 Å². The van der Waals surface area contributed by atoms with E-state index in [4.69, 9.17) is 4.42 Å². The molecule has 0 bridgehead atoms. The second-order valence-electron chi connectivity index (χ2n) is 6.93. The normalized spacial score (nSPS) is 15.4. The highest BCUT2D eigenvalue weighted by atomic mass is 32.2. The molecule has 0 unspecified atom stereocenters. The number of carbonyl (C=O) groups is 1. The average Bonchev–Trinajstić information content (AvgIpc) is 3.26. The zero-order valence-electron chi connectivity index (χ0n) is 15.6. The summed E-state index contributed by atoms with van der Waals surface area (Å²) in [6.07, 6.45) is 2.84. The maximum absolute atomic E-state index is 12.5. The van der Waals surface area contributed by atoms with Gasteiger partial charge >= 0.3 is 5.22 Å². The number of aromatic nitrogens is 3. The topological polar surface area (TPSA) is 106 Å². The molecule has 9 heteroatoms. The van der Waals surface area contributed by atoms with Crippen LogP contribution in [0.4, 0.5) is 0 Å². The molecule has 0 N–H and O–H groups in total. The van der Waals surface area contributed by atoms with E-state index < -0.39 is 9.84 Å². The van der Waals surface area contributed by atoms with Crippen LogP contribution in [0, 0.1) is 0 Å². The Balaban J connectivity index is 1.40. The molecule has 1 aliphatic rings. The van der Waals surface area contributed by atoms with Crippen LogP contribution < -0.4 is 0 Å². The Labute approximate surface area is 168 Å². The van der Waals surface area contributed by atoms with Gasteiger partial charge in [-0.05, 0) is 30.5 Å². The number of likely N-dealkylation sites (tertiary alicyclic amines) is 1. The van der Waals surface area contributed by atoms with E-state index in [0.29, 0.717) is 43.1 Å². The molecule has 3 heterocycles. The van der Waals surface area contributed by atoms with Crippen LogP contribution >= 0.6 is 0 Å². The standard InChI is InChI=1S/C20H20N4O4S/c25-19(17-8-4-5-11-21-17)24-12-9-16(10-13-24)18-22-23-20(28-18)29(26,27)14-15-6-2-1-3-7-15/h1-8,11,16H,9-10,12-14H2. The van der Waals surface area contributed by atoms with E-state index in [0.717, 1.165) is 0 Å². The van der Waals surface area contributed by atoms with Crippen molar-refractivity contribution in [2.24, 2.45) is 0 Å². The Bertz CT molecular complexity index is 1080. The zero-order chi connectivity index (χ0) is 20.3. The first-order chi connectivity index (χ1) is 14.0. The van der Waals surface area contributed by atoms with E-state index in [1.54, 1.807) is 53.6 Å². The third kappa shape index (κ3) is 4.34. The lowest BCUT2D eigenvalue weighted by Crippen LogP contribution is -2.38. The minimum absolute atomic E-state index is 0.0732. The lowest BCUT2D eigenvalue weighted by atomic mass is 9.96. The van der Waals surface area contributed by atoms with Crippen molar-refractivity contribution in [1.29, 1.82) is 0 Å². The minimum Gasteiger partial charge on any atom is -0.412 e. The van der Waals surface area contributed by atoms with Gasteiger partial charge in [-0.15, -0.1) is 5.10 Å². The van der Waals surface area contributed by atoms with Crippen molar-refractivity contribution in [3.05, 3.63) is 71.9 Å². The fraction of sp³-hybridized carbons (Fsp3) is 0.300. The first kappa shape index (κ1) is 19.3. The number of nitrogens with zero attached hydrogens (tertiary/aromatic N) is 4. The second kappa shape index (κ2) is 8.12. The van der Waals surface area contributed by atoms with E-state index in [1.165, 1.54) is 0 Å². The molecule has 1 fully saturated rings. The molecule has 2 aromatic heterocycles. The highest BCUT2D eigenvalue weighted by Crippen LogP contribution is 2.29. The van der Waals surface area contributed by atoms with Crippen molar-refractivity contribution in [2.45, 2.75) is 29.7 Å². The van der Waals surface area contributed by atoms with Gasteiger partial charge in [0.2, 0.25) is 15.7 Å². The molecule has 1 amide bonds. The molecule has 0 saturated carbocycles. The monoisotopic (exact) mass is 412 g/mol. The summed E-state index contributed by atoms with van der Waals surface area (Å²) in [4.78, 5) is 18.3. The van der Waals surface area contributed by atoms with Gasteiger partial charge in [-0.3, -0.25) is 9.78 Å². The van der Waals surface area contributed by atoms with Crippen molar-refractivity contribution in [1.82, 2.24) is 20.1 Å². The van der Waals surface area contributed by atoms with Gasteiger partial charge in [-0.2, -0.15) is 0 Å². The fourth-order valence-electron chi connectivity index (χ4n) is 3.35. The van der Waals surface area contributed by atoms with Crippen LogP contribution in [0.25, 0.3) is 0 Å². The van der Waals surface area contributed by atoms with Crippen LogP contribution in [0.15, 0.2) is 64.4 Å². The molecular weight excluding hydrogens is 392 g/mol. The van der Waals surface area contributed by atoms with Crippen LogP contribution in [-0.4, -0.2) is 47.5 Å². The number of hydrogen-bond acceptors (Lipinski definition) is 7. The number of amides is 1. The molecule has 0 radical (unpaired) electrons. The molecule has 4 rings (SSSR count). The van der Waals surface area contributed by atoms with Gasteiger partial charge in [-0.25, -0.2) is 8.42 Å². The van der Waals surface area contributed by atoms with Crippen LogP contribution in [0.3, 0.4) is 0 Å². The van der Waals surface area contributed by atoms with Gasteiger partial charge in [0.15, 0.2) is 0 Å². The predicted octanol–water partition coefficient (Wildman–Crippen LogP) is 2.46. The molecule has 0 atom stereocenters. The first-order valence-electron chi connectivity index (χ1n) is 9.33. The third-order valence-electron chi connectivity index (χ3n) is 4.90. The molecule has 1 aromatic carbocycles. The molecule has 150 valence electrons. The number of piperidine rings is 1. The Morgan fingerprint density at radius 3 is 2.45 bits per heavy atom. The summed E-state index contributed by atoms with van der Waals surface area (Å²) in [5, 5.41) is 7.37. The summed E-state index contributed by atoms with van der Waals surface area (Å²) >= 11 is 0. The second-order valence-corrected chi connectivity index (χ2v) is 8.80.